The molecule has 0 aliphatic carbocycles. The average Bonchev–Trinajstić information content (AvgIpc) is 3.04. The molecule has 3 rings (SSSR count). The van der Waals surface area contributed by atoms with Gasteiger partial charge in [-0.2, -0.15) is 0 Å². The van der Waals surface area contributed by atoms with E-state index < -0.39 is 28.5 Å². The van der Waals surface area contributed by atoms with E-state index in [1.54, 1.807) is 43.3 Å². The summed E-state index contributed by atoms with van der Waals surface area (Å²) < 4.78 is 30.9. The molecule has 0 spiro atoms. The van der Waals surface area contributed by atoms with Crippen molar-refractivity contribution in [3.8, 4) is 0 Å². The number of aromatic amines is 1. The Morgan fingerprint density at radius 1 is 1.17 bits per heavy atom. The molecule has 1 heterocycles. The Morgan fingerprint density at radius 2 is 1.87 bits per heavy atom. The van der Waals surface area contributed by atoms with Crippen LogP contribution in [-0.2, 0) is 19.6 Å². The number of benzene rings is 2. The molecule has 2 aromatic carbocycles. The molecule has 1 amide bonds. The number of hydrogen-bond acceptors (Lipinski definition) is 5. The number of H-pyrrole nitrogens is 1. The Kier molecular flexibility index (Phi) is 6.16. The van der Waals surface area contributed by atoms with Gasteiger partial charge in [-0.05, 0) is 30.7 Å². The molecule has 3 aromatic rings. The van der Waals surface area contributed by atoms with Crippen LogP contribution in [0.4, 0.5) is 5.69 Å². The Balaban J connectivity index is 1.69. The molecular formula is C20H20ClN3O5S. The molecule has 8 nitrogen and oxygen atoms in total. The number of ether oxygens (including phenoxy) is 1. The molecule has 158 valence electrons. The van der Waals surface area contributed by atoms with Crippen LogP contribution in [-0.4, -0.2) is 50.3 Å². The SMILES string of the molecule is Cc1ccc(NC(=O)COC(=O)c2[nH]c3ccccc3c2Cl)cc1S(=O)(=O)N(C)C. The number of amides is 1. The van der Waals surface area contributed by atoms with Gasteiger partial charge in [0, 0.05) is 30.7 Å². The zero-order valence-electron chi connectivity index (χ0n) is 16.5. The number of hydrogen-bond donors (Lipinski definition) is 2. The fraction of sp³-hybridized carbons (Fsp3) is 0.200. The molecule has 10 heteroatoms. The predicted molar refractivity (Wildman–Crippen MR) is 114 cm³/mol. The minimum absolute atomic E-state index is 0.0559. The van der Waals surface area contributed by atoms with Gasteiger partial charge in [-0.3, -0.25) is 4.79 Å². The van der Waals surface area contributed by atoms with Gasteiger partial charge in [0.25, 0.3) is 5.91 Å². The summed E-state index contributed by atoms with van der Waals surface area (Å²) in [5, 5.41) is 3.41. The first-order valence-corrected chi connectivity index (χ1v) is 10.7. The van der Waals surface area contributed by atoms with Crippen molar-refractivity contribution in [3.63, 3.8) is 0 Å². The zero-order chi connectivity index (χ0) is 22.1. The van der Waals surface area contributed by atoms with Crippen LogP contribution in [0.25, 0.3) is 10.9 Å². The third-order valence-electron chi connectivity index (χ3n) is 4.41. The second-order valence-corrected chi connectivity index (χ2v) is 9.25. The van der Waals surface area contributed by atoms with Crippen molar-refractivity contribution in [1.82, 2.24) is 9.29 Å². The lowest BCUT2D eigenvalue weighted by Gasteiger charge is -2.15. The van der Waals surface area contributed by atoms with Gasteiger partial charge in [-0.15, -0.1) is 0 Å². The van der Waals surface area contributed by atoms with E-state index in [1.165, 1.54) is 20.2 Å². The van der Waals surface area contributed by atoms with Crippen LogP contribution in [0.1, 0.15) is 16.1 Å². The molecule has 0 bridgehead atoms. The molecule has 0 atom stereocenters. The number of fused-ring (bicyclic) bond motifs is 1. The van der Waals surface area contributed by atoms with E-state index >= 15 is 0 Å². The van der Waals surface area contributed by atoms with Gasteiger partial charge < -0.3 is 15.0 Å². The van der Waals surface area contributed by atoms with Crippen LogP contribution < -0.4 is 5.32 Å². The van der Waals surface area contributed by atoms with Crippen LogP contribution in [0.5, 0.6) is 0 Å². The number of anilines is 1. The molecule has 2 N–H and O–H groups in total. The topological polar surface area (TPSA) is 109 Å². The number of carbonyl (C=O) groups is 2. The molecule has 1 aromatic heterocycles. The zero-order valence-corrected chi connectivity index (χ0v) is 18.1. The van der Waals surface area contributed by atoms with Crippen LogP contribution in [0.15, 0.2) is 47.4 Å². The normalized spacial score (nSPS) is 11.6. The maximum Gasteiger partial charge on any atom is 0.356 e. The second kappa shape index (κ2) is 8.47. The van der Waals surface area contributed by atoms with E-state index in [4.69, 9.17) is 16.3 Å². The smallest absolute Gasteiger partial charge is 0.356 e. The summed E-state index contributed by atoms with van der Waals surface area (Å²) in [6, 6.07) is 11.6. The lowest BCUT2D eigenvalue weighted by molar-refractivity contribution is -0.119. The number of esters is 1. The van der Waals surface area contributed by atoms with Crippen LogP contribution in [0, 0.1) is 6.92 Å². The summed E-state index contributed by atoms with van der Waals surface area (Å²) >= 11 is 6.20. The largest absolute Gasteiger partial charge is 0.451 e. The highest BCUT2D eigenvalue weighted by Gasteiger charge is 2.21. The quantitative estimate of drug-likeness (QED) is 0.562. The minimum Gasteiger partial charge on any atom is -0.451 e. The number of carbonyl (C=O) groups excluding carboxylic acids is 2. The van der Waals surface area contributed by atoms with E-state index in [0.29, 0.717) is 16.5 Å². The number of aromatic nitrogens is 1. The van der Waals surface area contributed by atoms with Crippen LogP contribution in [0.2, 0.25) is 5.02 Å². The van der Waals surface area contributed by atoms with E-state index in [2.05, 4.69) is 10.3 Å². The average molecular weight is 450 g/mol. The lowest BCUT2D eigenvalue weighted by Crippen LogP contribution is -2.24. The van der Waals surface area contributed by atoms with Crippen molar-refractivity contribution in [2.24, 2.45) is 0 Å². The number of nitrogens with one attached hydrogen (secondary N) is 2. The second-order valence-electron chi connectivity index (χ2n) is 6.75. The van der Waals surface area contributed by atoms with Gasteiger partial charge in [0.05, 0.1) is 9.92 Å². The maximum atomic E-state index is 12.4. The van der Waals surface area contributed by atoms with Crippen LogP contribution >= 0.6 is 11.6 Å². The molecule has 0 aliphatic heterocycles. The Morgan fingerprint density at radius 3 is 2.53 bits per heavy atom. The van der Waals surface area contributed by atoms with Gasteiger partial charge in [0.15, 0.2) is 6.61 Å². The molecule has 0 radical (unpaired) electrons. The molecule has 0 saturated carbocycles. The van der Waals surface area contributed by atoms with E-state index in [1.807, 2.05) is 0 Å². The summed E-state index contributed by atoms with van der Waals surface area (Å²) in [6.07, 6.45) is 0. The number of nitrogens with zero attached hydrogens (tertiary/aromatic N) is 1. The monoisotopic (exact) mass is 449 g/mol. The number of para-hydroxylation sites is 1. The van der Waals surface area contributed by atoms with E-state index in [9.17, 15) is 18.0 Å². The van der Waals surface area contributed by atoms with Crippen molar-refractivity contribution < 1.29 is 22.7 Å². The molecule has 30 heavy (non-hydrogen) atoms. The Hall–Kier alpha value is -2.88. The number of sulfonamides is 1. The highest BCUT2D eigenvalue weighted by Crippen LogP contribution is 2.27. The summed E-state index contributed by atoms with van der Waals surface area (Å²) in [5.41, 5.74) is 1.54. The fourth-order valence-corrected chi connectivity index (χ4v) is 4.23. The summed E-state index contributed by atoms with van der Waals surface area (Å²) in [4.78, 5) is 27.4. The van der Waals surface area contributed by atoms with E-state index in [-0.39, 0.29) is 21.3 Å². The third-order valence-corrected chi connectivity index (χ3v) is 6.76. The highest BCUT2D eigenvalue weighted by atomic mass is 35.5. The standard InChI is InChI=1S/C20H20ClN3O5S/c1-12-8-9-13(10-16(12)30(27,28)24(2)3)22-17(25)11-29-20(26)19-18(21)14-6-4-5-7-15(14)23-19/h4-10,23H,11H2,1-3H3,(H,22,25). The van der Waals surface area contributed by atoms with Gasteiger partial charge in [0.1, 0.15) is 5.69 Å². The molecule has 0 unspecified atom stereocenters. The molecular weight excluding hydrogens is 430 g/mol. The van der Waals surface area contributed by atoms with Gasteiger partial charge >= 0.3 is 5.97 Å². The molecule has 0 fully saturated rings. The fourth-order valence-electron chi connectivity index (χ4n) is 2.80. The number of rotatable bonds is 6. The van der Waals surface area contributed by atoms with Gasteiger partial charge in [-0.1, -0.05) is 35.9 Å². The third kappa shape index (κ3) is 4.33. The van der Waals surface area contributed by atoms with Crippen molar-refractivity contribution in [1.29, 1.82) is 0 Å². The maximum absolute atomic E-state index is 12.4. The summed E-state index contributed by atoms with van der Waals surface area (Å²) in [7, 11) is -0.817. The first-order valence-electron chi connectivity index (χ1n) is 8.87. The number of aryl methyl sites for hydroxylation is 1. The number of halogens is 1. The summed E-state index contributed by atoms with van der Waals surface area (Å²) in [6.45, 7) is 1.10. The lowest BCUT2D eigenvalue weighted by atomic mass is 10.2. The summed E-state index contributed by atoms with van der Waals surface area (Å²) in [5.74, 6) is -1.39. The predicted octanol–water partition coefficient (Wildman–Crippen LogP) is 3.18. The first-order chi connectivity index (χ1) is 14.1. The van der Waals surface area contributed by atoms with Crippen molar-refractivity contribution >= 4 is 50.1 Å². The minimum atomic E-state index is -3.67. The van der Waals surface area contributed by atoms with Crippen molar-refractivity contribution in [3.05, 3.63) is 58.7 Å². The molecule has 0 aliphatic rings. The Labute approximate surface area is 178 Å². The first kappa shape index (κ1) is 21.8. The van der Waals surface area contributed by atoms with Crippen LogP contribution in [0.3, 0.4) is 0 Å². The Bertz CT molecular complexity index is 1230. The van der Waals surface area contributed by atoms with E-state index in [0.717, 1.165) is 4.31 Å². The van der Waals surface area contributed by atoms with Crippen molar-refractivity contribution in [2.45, 2.75) is 11.8 Å². The van der Waals surface area contributed by atoms with Gasteiger partial charge in [-0.25, -0.2) is 17.5 Å². The van der Waals surface area contributed by atoms with Crippen molar-refractivity contribution in [2.75, 3.05) is 26.0 Å². The molecule has 0 saturated heterocycles. The highest BCUT2D eigenvalue weighted by molar-refractivity contribution is 7.89. The van der Waals surface area contributed by atoms with Gasteiger partial charge in [0.2, 0.25) is 10.0 Å².